The SMILES string of the molecule is CC/C=C\C/C=C\C/C=C\C/C=C\C/C=C\CCCCCCCCCCCCCCCC(=O)OCC(COC(=O)CCCCCCCCCCCC)OC(=O)CCCCCCCCCC/C=C\C/C=C\C/C=C\CCCCCCC. The van der Waals surface area contributed by atoms with Crippen molar-refractivity contribution in [1.82, 2.24) is 0 Å². The van der Waals surface area contributed by atoms with Crippen LogP contribution in [0.4, 0.5) is 0 Å². The van der Waals surface area contributed by atoms with Crippen molar-refractivity contribution in [2.75, 3.05) is 13.2 Å². The molecule has 0 N–H and O–H groups in total. The summed E-state index contributed by atoms with van der Waals surface area (Å²) < 4.78 is 16.9. The minimum absolute atomic E-state index is 0.0773. The number of allylic oxidation sites excluding steroid dienone is 16. The van der Waals surface area contributed by atoms with Crippen molar-refractivity contribution in [3.05, 3.63) is 97.2 Å². The van der Waals surface area contributed by atoms with Crippen LogP contribution in [0.25, 0.3) is 0 Å². The van der Waals surface area contributed by atoms with Gasteiger partial charge in [-0.2, -0.15) is 0 Å². The van der Waals surface area contributed by atoms with Gasteiger partial charge in [-0.3, -0.25) is 14.4 Å². The molecule has 0 rings (SSSR count). The van der Waals surface area contributed by atoms with Gasteiger partial charge < -0.3 is 14.2 Å². The van der Waals surface area contributed by atoms with Crippen molar-refractivity contribution in [3.63, 3.8) is 0 Å². The van der Waals surface area contributed by atoms with E-state index in [9.17, 15) is 14.4 Å². The van der Waals surface area contributed by atoms with E-state index >= 15 is 0 Å². The second-order valence-electron chi connectivity index (χ2n) is 22.7. The Morgan fingerprint density at radius 1 is 0.263 bits per heavy atom. The molecule has 0 heterocycles. The lowest BCUT2D eigenvalue weighted by Crippen LogP contribution is -2.30. The van der Waals surface area contributed by atoms with Crippen molar-refractivity contribution in [1.29, 1.82) is 0 Å². The highest BCUT2D eigenvalue weighted by Gasteiger charge is 2.19. The fourth-order valence-corrected chi connectivity index (χ4v) is 9.71. The van der Waals surface area contributed by atoms with E-state index in [4.69, 9.17) is 14.2 Å². The molecule has 0 aliphatic heterocycles. The second kappa shape index (κ2) is 67.8. The van der Waals surface area contributed by atoms with Crippen molar-refractivity contribution in [2.45, 2.75) is 341 Å². The summed E-state index contributed by atoms with van der Waals surface area (Å²) in [6.07, 6.45) is 91.4. The van der Waals surface area contributed by atoms with Crippen LogP contribution >= 0.6 is 0 Å². The number of carbonyl (C=O) groups is 3. The molecular formula is C74H128O6. The Labute approximate surface area is 496 Å². The topological polar surface area (TPSA) is 78.9 Å². The molecule has 6 nitrogen and oxygen atoms in total. The normalized spacial score (nSPS) is 12.7. The van der Waals surface area contributed by atoms with Gasteiger partial charge in [0.05, 0.1) is 0 Å². The molecule has 0 aromatic carbocycles. The number of rotatable bonds is 62. The third-order valence-electron chi connectivity index (χ3n) is 14.8. The Bertz CT molecular complexity index is 1560. The lowest BCUT2D eigenvalue weighted by molar-refractivity contribution is -0.167. The number of carbonyl (C=O) groups excluding carboxylic acids is 3. The lowest BCUT2D eigenvalue weighted by atomic mass is 10.0. The Kier molecular flexibility index (Phi) is 64.7. The number of esters is 3. The van der Waals surface area contributed by atoms with E-state index < -0.39 is 6.10 Å². The Morgan fingerprint density at radius 3 is 0.762 bits per heavy atom. The summed E-state index contributed by atoms with van der Waals surface area (Å²) in [6.45, 7) is 6.53. The Balaban J connectivity index is 4.22. The third-order valence-corrected chi connectivity index (χ3v) is 14.8. The Hall–Kier alpha value is -3.67. The van der Waals surface area contributed by atoms with Crippen molar-refractivity contribution >= 4 is 17.9 Å². The van der Waals surface area contributed by atoms with Gasteiger partial charge in [-0.25, -0.2) is 0 Å². The van der Waals surface area contributed by atoms with Gasteiger partial charge in [-0.05, 0) is 103 Å². The first-order chi connectivity index (χ1) is 39.5. The third kappa shape index (κ3) is 65.1. The summed E-state index contributed by atoms with van der Waals surface area (Å²) >= 11 is 0. The number of hydrogen-bond donors (Lipinski definition) is 0. The number of ether oxygens (including phenoxy) is 3. The summed E-state index contributed by atoms with van der Waals surface area (Å²) in [7, 11) is 0. The molecule has 0 aliphatic rings. The summed E-state index contributed by atoms with van der Waals surface area (Å²) in [5, 5.41) is 0. The van der Waals surface area contributed by atoms with Crippen molar-refractivity contribution in [2.24, 2.45) is 0 Å². The van der Waals surface area contributed by atoms with Crippen LogP contribution in [0.2, 0.25) is 0 Å². The quantitative estimate of drug-likeness (QED) is 0.0261. The van der Waals surface area contributed by atoms with Gasteiger partial charge in [0.1, 0.15) is 13.2 Å². The first kappa shape index (κ1) is 76.3. The van der Waals surface area contributed by atoms with Crippen LogP contribution in [-0.4, -0.2) is 37.2 Å². The van der Waals surface area contributed by atoms with E-state index in [2.05, 4.69) is 118 Å². The van der Waals surface area contributed by atoms with Crippen LogP contribution in [0.5, 0.6) is 0 Å². The fraction of sp³-hybridized carbons (Fsp3) is 0.743. The maximum absolute atomic E-state index is 12.9. The largest absolute Gasteiger partial charge is 0.462 e. The standard InChI is InChI=1S/C74H128O6/c1-4-7-10-13-16-19-22-24-26-28-30-32-34-35-36-37-38-39-41-42-44-46-48-50-52-55-58-61-64-67-73(76)79-70-71(69-78-72(75)66-63-60-57-54-21-18-15-12-9-6-3)80-74(77)68-65-62-59-56-53-51-49-47-45-43-40-33-31-29-27-25-23-20-17-14-11-8-5-2/h7,10,16,19,23-26,29-32,35-36,40,43,71H,4-6,8-9,11-15,17-18,20-22,27-28,33-34,37-39,41-42,44-70H2,1-3H3/b10-7-,19-16-,25-23-,26-24-,31-29-,32-30-,36-35-,43-40-. The smallest absolute Gasteiger partial charge is 0.306 e. The molecule has 0 aromatic heterocycles. The van der Waals surface area contributed by atoms with Gasteiger partial charge in [0.2, 0.25) is 0 Å². The highest BCUT2D eigenvalue weighted by Crippen LogP contribution is 2.17. The maximum Gasteiger partial charge on any atom is 0.306 e. The predicted octanol–water partition coefficient (Wildman–Crippen LogP) is 23.6. The molecule has 0 bridgehead atoms. The summed E-state index contributed by atoms with van der Waals surface area (Å²) in [4.78, 5) is 38.3. The van der Waals surface area contributed by atoms with E-state index in [0.29, 0.717) is 19.3 Å². The van der Waals surface area contributed by atoms with Crippen LogP contribution in [0, 0.1) is 0 Å². The average Bonchev–Trinajstić information content (AvgIpc) is 3.46. The molecule has 0 spiro atoms. The summed E-state index contributed by atoms with van der Waals surface area (Å²) in [5.74, 6) is -0.874. The molecule has 6 heteroatoms. The zero-order valence-electron chi connectivity index (χ0n) is 52.8. The molecule has 0 aliphatic carbocycles. The van der Waals surface area contributed by atoms with Gasteiger partial charge >= 0.3 is 17.9 Å². The van der Waals surface area contributed by atoms with E-state index in [-0.39, 0.29) is 31.1 Å². The highest BCUT2D eigenvalue weighted by atomic mass is 16.6. The lowest BCUT2D eigenvalue weighted by Gasteiger charge is -2.18. The van der Waals surface area contributed by atoms with E-state index in [1.807, 2.05) is 0 Å². The summed E-state index contributed by atoms with van der Waals surface area (Å²) in [6, 6.07) is 0. The van der Waals surface area contributed by atoms with Crippen LogP contribution in [0.15, 0.2) is 97.2 Å². The van der Waals surface area contributed by atoms with Crippen LogP contribution in [0.3, 0.4) is 0 Å². The van der Waals surface area contributed by atoms with Crippen LogP contribution < -0.4 is 0 Å². The fourth-order valence-electron chi connectivity index (χ4n) is 9.71. The number of unbranched alkanes of at least 4 members (excludes halogenated alkanes) is 35. The molecule has 1 unspecified atom stereocenters. The molecule has 0 fully saturated rings. The van der Waals surface area contributed by atoms with Gasteiger partial charge in [-0.1, -0.05) is 311 Å². The molecule has 0 saturated heterocycles. The molecule has 0 amide bonds. The Morgan fingerprint density at radius 2 is 0.487 bits per heavy atom. The zero-order valence-corrected chi connectivity index (χ0v) is 52.8. The van der Waals surface area contributed by atoms with Crippen molar-refractivity contribution in [3.8, 4) is 0 Å². The summed E-state index contributed by atoms with van der Waals surface area (Å²) in [5.41, 5.74) is 0. The van der Waals surface area contributed by atoms with Crippen LogP contribution in [0.1, 0.15) is 335 Å². The van der Waals surface area contributed by atoms with Gasteiger partial charge in [-0.15, -0.1) is 0 Å². The highest BCUT2D eigenvalue weighted by molar-refractivity contribution is 5.71. The monoisotopic (exact) mass is 1110 g/mol. The molecular weight excluding hydrogens is 985 g/mol. The van der Waals surface area contributed by atoms with Gasteiger partial charge in [0, 0.05) is 19.3 Å². The van der Waals surface area contributed by atoms with E-state index in [1.54, 1.807) is 0 Å². The predicted molar refractivity (Wildman–Crippen MR) is 348 cm³/mol. The second-order valence-corrected chi connectivity index (χ2v) is 22.7. The average molecular weight is 1110 g/mol. The van der Waals surface area contributed by atoms with Crippen LogP contribution in [-0.2, 0) is 28.6 Å². The molecule has 460 valence electrons. The van der Waals surface area contributed by atoms with Crippen molar-refractivity contribution < 1.29 is 28.6 Å². The maximum atomic E-state index is 12.9. The zero-order chi connectivity index (χ0) is 57.8. The van der Waals surface area contributed by atoms with Gasteiger partial charge in [0.15, 0.2) is 6.10 Å². The first-order valence-corrected chi connectivity index (χ1v) is 34.2. The van der Waals surface area contributed by atoms with Gasteiger partial charge in [0.25, 0.3) is 0 Å². The molecule has 1 atom stereocenters. The minimum Gasteiger partial charge on any atom is -0.462 e. The minimum atomic E-state index is -0.781. The first-order valence-electron chi connectivity index (χ1n) is 34.2. The molecule has 0 aromatic rings. The molecule has 0 saturated carbocycles. The van der Waals surface area contributed by atoms with E-state index in [0.717, 1.165) is 109 Å². The molecule has 0 radical (unpaired) electrons. The number of hydrogen-bond acceptors (Lipinski definition) is 6. The van der Waals surface area contributed by atoms with E-state index in [1.165, 1.54) is 186 Å². The molecule has 80 heavy (non-hydrogen) atoms.